The van der Waals surface area contributed by atoms with E-state index in [0.29, 0.717) is 44.2 Å². The second-order valence-electron chi connectivity index (χ2n) is 15.3. The zero-order chi connectivity index (χ0) is 41.5. The highest BCUT2D eigenvalue weighted by atomic mass is 19.1. The average molecular weight is 799 g/mol. The van der Waals surface area contributed by atoms with Gasteiger partial charge in [-0.3, -0.25) is 14.3 Å². The van der Waals surface area contributed by atoms with Crippen molar-refractivity contribution in [1.29, 1.82) is 0 Å². The molecule has 0 spiro atoms. The van der Waals surface area contributed by atoms with E-state index in [4.69, 9.17) is 9.51 Å². The number of benzene rings is 5. The van der Waals surface area contributed by atoms with Crippen LogP contribution in [-0.4, -0.2) is 65.1 Å². The molecule has 0 aliphatic carbocycles. The average Bonchev–Trinajstić information content (AvgIpc) is 3.65. The van der Waals surface area contributed by atoms with E-state index < -0.39 is 23.4 Å². The number of hydrogen-bond acceptors (Lipinski definition) is 9. The standard InChI is InChI=1S/C23H27FN4O2.C23H16O6/c1-3-17-14(2)25-22-19(5-4-10-28(22)23(17)29)27-11-8-15(9-12-27)21-18-7-6-16(24)13-20(18)30-26-21;24-20-16(14-7-3-1-5-12(14)9-18(20)22(26)27)11-17-15-8-4-2-6-13(15)10-19(21(17)25)23(28)29/h6-7,13,15,19H,3-5,8-12H2,1-2H3;1-10,24-25H,11H2,(H,26,27)(H,28,29). The van der Waals surface area contributed by atoms with Crippen LogP contribution in [0.25, 0.3) is 32.5 Å². The number of aromatic nitrogens is 3. The second-order valence-corrected chi connectivity index (χ2v) is 15.3. The lowest BCUT2D eigenvalue weighted by atomic mass is 9.90. The van der Waals surface area contributed by atoms with Crippen molar-refractivity contribution in [3.63, 3.8) is 0 Å². The zero-order valence-corrected chi connectivity index (χ0v) is 32.6. The van der Waals surface area contributed by atoms with Gasteiger partial charge in [-0.1, -0.05) is 60.6 Å². The zero-order valence-electron chi connectivity index (χ0n) is 32.6. The number of aromatic hydroxyl groups is 2. The van der Waals surface area contributed by atoms with Crippen LogP contribution in [0.2, 0.25) is 0 Å². The molecule has 0 bridgehead atoms. The van der Waals surface area contributed by atoms with Crippen molar-refractivity contribution in [3.05, 3.63) is 140 Å². The van der Waals surface area contributed by atoms with E-state index in [9.17, 15) is 39.2 Å². The molecule has 4 heterocycles. The van der Waals surface area contributed by atoms with Crippen LogP contribution in [0.4, 0.5) is 4.39 Å². The van der Waals surface area contributed by atoms with Crippen LogP contribution in [0.15, 0.2) is 88.2 Å². The van der Waals surface area contributed by atoms with Gasteiger partial charge in [0.15, 0.2) is 5.58 Å². The molecule has 12 nitrogen and oxygen atoms in total. The van der Waals surface area contributed by atoms with Crippen molar-refractivity contribution in [2.45, 2.75) is 70.9 Å². The van der Waals surface area contributed by atoms with Crippen molar-refractivity contribution in [2.75, 3.05) is 13.1 Å². The van der Waals surface area contributed by atoms with Gasteiger partial charge in [0.05, 0.1) is 11.7 Å². The molecule has 1 saturated heterocycles. The summed E-state index contributed by atoms with van der Waals surface area (Å²) in [6.07, 6.45) is 4.65. The van der Waals surface area contributed by atoms with E-state index in [1.807, 2.05) is 18.4 Å². The fourth-order valence-electron chi connectivity index (χ4n) is 8.91. The van der Waals surface area contributed by atoms with E-state index in [1.165, 1.54) is 24.3 Å². The Labute approximate surface area is 337 Å². The van der Waals surface area contributed by atoms with Crippen LogP contribution >= 0.6 is 0 Å². The highest BCUT2D eigenvalue weighted by Gasteiger charge is 2.34. The maximum Gasteiger partial charge on any atom is 0.339 e. The molecule has 1 fully saturated rings. The predicted octanol–water partition coefficient (Wildman–Crippen LogP) is 8.50. The van der Waals surface area contributed by atoms with Gasteiger partial charge in [-0.15, -0.1) is 0 Å². The summed E-state index contributed by atoms with van der Waals surface area (Å²) < 4.78 is 20.7. The lowest BCUT2D eigenvalue weighted by molar-refractivity contribution is 0.0682. The Balaban J connectivity index is 0.000000164. The number of carbonyl (C=O) groups is 2. The summed E-state index contributed by atoms with van der Waals surface area (Å²) in [5.74, 6) is -2.43. The van der Waals surface area contributed by atoms with E-state index in [2.05, 4.69) is 10.1 Å². The number of hydrogen-bond donors (Lipinski definition) is 4. The van der Waals surface area contributed by atoms with Gasteiger partial charge in [0.25, 0.3) is 5.56 Å². The van der Waals surface area contributed by atoms with Gasteiger partial charge in [0.2, 0.25) is 0 Å². The summed E-state index contributed by atoms with van der Waals surface area (Å²) in [6.45, 7) is 6.59. The number of carboxylic acid groups (broad SMARTS) is 2. The molecule has 1 atom stereocenters. The van der Waals surface area contributed by atoms with Gasteiger partial charge in [-0.2, -0.15) is 0 Å². The molecule has 59 heavy (non-hydrogen) atoms. The molecule has 13 heteroatoms. The van der Waals surface area contributed by atoms with Crippen LogP contribution in [0, 0.1) is 12.7 Å². The van der Waals surface area contributed by atoms with Gasteiger partial charge < -0.3 is 24.9 Å². The van der Waals surface area contributed by atoms with E-state index in [0.717, 1.165) is 79.9 Å². The first-order valence-corrected chi connectivity index (χ1v) is 19.8. The fraction of sp³-hybridized carbons (Fsp3) is 0.283. The van der Waals surface area contributed by atoms with Crippen molar-refractivity contribution in [3.8, 4) is 11.5 Å². The lowest BCUT2D eigenvalue weighted by Gasteiger charge is -2.39. The van der Waals surface area contributed by atoms with Gasteiger partial charge in [0, 0.05) is 52.7 Å². The fourth-order valence-corrected chi connectivity index (χ4v) is 8.91. The summed E-state index contributed by atoms with van der Waals surface area (Å²) in [6, 6.07) is 21.6. The van der Waals surface area contributed by atoms with Crippen LogP contribution < -0.4 is 5.56 Å². The molecule has 7 aromatic rings. The Morgan fingerprint density at radius 2 is 1.39 bits per heavy atom. The molecule has 5 aromatic carbocycles. The maximum absolute atomic E-state index is 13.4. The molecule has 2 aromatic heterocycles. The SMILES string of the molecule is CCc1c(C)nc2n(c1=O)CCCC2N1CCC(c2noc3cc(F)ccc23)CC1.O=C(O)c1cc2ccccc2c(Cc2c(O)c(C(=O)O)cc3ccccc23)c1O. The minimum atomic E-state index is -1.28. The summed E-state index contributed by atoms with van der Waals surface area (Å²) in [4.78, 5) is 43.5. The molecule has 0 saturated carbocycles. The molecule has 4 N–H and O–H groups in total. The summed E-state index contributed by atoms with van der Waals surface area (Å²) in [5, 5.41) is 48.0. The Bertz CT molecular complexity index is 2740. The third-order valence-electron chi connectivity index (χ3n) is 11.9. The largest absolute Gasteiger partial charge is 0.507 e. The number of rotatable bonds is 7. The van der Waals surface area contributed by atoms with E-state index in [-0.39, 0.29) is 35.0 Å². The van der Waals surface area contributed by atoms with Crippen molar-refractivity contribution in [1.82, 2.24) is 19.6 Å². The number of aromatic carboxylic acids is 2. The Morgan fingerprint density at radius 1 is 0.797 bits per heavy atom. The molecule has 2 aliphatic rings. The maximum atomic E-state index is 13.4. The molecular formula is C46H43FN4O8. The third-order valence-corrected chi connectivity index (χ3v) is 11.9. The van der Waals surface area contributed by atoms with Crippen molar-refractivity contribution in [2.24, 2.45) is 0 Å². The van der Waals surface area contributed by atoms with Gasteiger partial charge in [-0.05, 0) is 97.9 Å². The number of likely N-dealkylation sites (tertiary alicyclic amines) is 1. The first-order chi connectivity index (χ1) is 28.4. The molecule has 302 valence electrons. The first-order valence-electron chi connectivity index (χ1n) is 19.8. The van der Waals surface area contributed by atoms with Crippen molar-refractivity contribution >= 4 is 44.5 Å². The number of carboxylic acids is 2. The molecule has 1 unspecified atom stereocenters. The Morgan fingerprint density at radius 3 is 1.97 bits per heavy atom. The van der Waals surface area contributed by atoms with Gasteiger partial charge in [0.1, 0.15) is 34.3 Å². The third kappa shape index (κ3) is 7.26. The normalized spacial score (nSPS) is 15.9. The Hall–Kier alpha value is -6.60. The number of piperidine rings is 1. The van der Waals surface area contributed by atoms with Crippen LogP contribution in [-0.2, 0) is 19.4 Å². The van der Waals surface area contributed by atoms with Crippen LogP contribution in [0.3, 0.4) is 0 Å². The summed E-state index contributed by atoms with van der Waals surface area (Å²) in [5.41, 5.74) is 3.41. The van der Waals surface area contributed by atoms with Crippen LogP contribution in [0.1, 0.15) is 99.2 Å². The Kier molecular flexibility index (Phi) is 10.6. The lowest BCUT2D eigenvalue weighted by Crippen LogP contribution is -2.42. The van der Waals surface area contributed by atoms with E-state index in [1.54, 1.807) is 54.6 Å². The van der Waals surface area contributed by atoms with E-state index >= 15 is 0 Å². The minimum Gasteiger partial charge on any atom is -0.507 e. The van der Waals surface area contributed by atoms with Crippen molar-refractivity contribution < 1.29 is 38.9 Å². The topological polar surface area (TPSA) is 179 Å². The smallest absolute Gasteiger partial charge is 0.339 e. The molecule has 0 amide bonds. The number of aryl methyl sites for hydroxylation is 1. The monoisotopic (exact) mass is 798 g/mol. The summed E-state index contributed by atoms with van der Waals surface area (Å²) in [7, 11) is 0. The molecule has 2 aliphatic heterocycles. The van der Waals surface area contributed by atoms with Crippen LogP contribution in [0.5, 0.6) is 11.5 Å². The highest BCUT2D eigenvalue weighted by Crippen LogP contribution is 2.40. The van der Waals surface area contributed by atoms with Gasteiger partial charge in [-0.25, -0.2) is 19.0 Å². The molecule has 9 rings (SSSR count). The predicted molar refractivity (Wildman–Crippen MR) is 220 cm³/mol. The second kappa shape index (κ2) is 16.0. The number of halogens is 1. The number of phenols is 2. The number of fused-ring (bicyclic) bond motifs is 4. The molecular weight excluding hydrogens is 756 g/mol. The minimum absolute atomic E-state index is 0.0407. The highest BCUT2D eigenvalue weighted by molar-refractivity contribution is 6.02. The molecule has 0 radical (unpaired) electrons. The van der Waals surface area contributed by atoms with Gasteiger partial charge >= 0.3 is 11.9 Å². The number of nitrogens with zero attached hydrogens (tertiary/aromatic N) is 4. The quantitative estimate of drug-likeness (QED) is 0.121. The summed E-state index contributed by atoms with van der Waals surface area (Å²) >= 11 is 0. The first kappa shape index (κ1) is 39.2.